The number of ether oxygens (including phenoxy) is 1. The quantitative estimate of drug-likeness (QED) is 0.823. The lowest BCUT2D eigenvalue weighted by molar-refractivity contribution is 0.414. The number of benzene rings is 1. The van der Waals surface area contributed by atoms with Gasteiger partial charge < -0.3 is 4.74 Å². The van der Waals surface area contributed by atoms with Crippen molar-refractivity contribution in [1.29, 1.82) is 0 Å². The smallest absolute Gasteiger partial charge is 0.196 e. The van der Waals surface area contributed by atoms with Gasteiger partial charge in [-0.3, -0.25) is 0 Å². The maximum atomic E-state index is 12.4. The molecule has 0 saturated carbocycles. The molecule has 0 aliphatic heterocycles. The molecule has 0 saturated heterocycles. The summed E-state index contributed by atoms with van der Waals surface area (Å²) in [7, 11) is -1.77. The lowest BCUT2D eigenvalue weighted by atomic mass is 9.98. The van der Waals surface area contributed by atoms with Gasteiger partial charge >= 0.3 is 0 Å². The predicted molar refractivity (Wildman–Crippen MR) is 82.3 cm³/mol. The van der Waals surface area contributed by atoms with Crippen LogP contribution in [0.3, 0.4) is 0 Å². The van der Waals surface area contributed by atoms with E-state index in [-0.39, 0.29) is 16.7 Å². The minimum Gasteiger partial charge on any atom is -0.497 e. The Kier molecular flexibility index (Phi) is 4.96. The van der Waals surface area contributed by atoms with Gasteiger partial charge in [0.2, 0.25) is 0 Å². The van der Waals surface area contributed by atoms with Gasteiger partial charge in [0, 0.05) is 6.20 Å². The van der Waals surface area contributed by atoms with Crippen molar-refractivity contribution < 1.29 is 13.2 Å². The fourth-order valence-electron chi connectivity index (χ4n) is 2.21. The molecule has 0 N–H and O–H groups in total. The molecule has 0 radical (unpaired) electrons. The Bertz CT molecular complexity index is 666. The molecule has 0 aliphatic carbocycles. The van der Waals surface area contributed by atoms with Crippen molar-refractivity contribution in [1.82, 2.24) is 4.98 Å². The van der Waals surface area contributed by atoms with Crippen LogP contribution in [0.2, 0.25) is 0 Å². The molecule has 21 heavy (non-hydrogen) atoms. The Morgan fingerprint density at radius 3 is 2.38 bits per heavy atom. The highest BCUT2D eigenvalue weighted by molar-refractivity contribution is 7.91. The van der Waals surface area contributed by atoms with Crippen LogP contribution in [0, 0.1) is 0 Å². The number of pyridine rings is 1. The third kappa shape index (κ3) is 3.82. The van der Waals surface area contributed by atoms with Gasteiger partial charge in [-0.1, -0.05) is 25.1 Å². The summed E-state index contributed by atoms with van der Waals surface area (Å²) in [6, 6.07) is 12.5. The van der Waals surface area contributed by atoms with Gasteiger partial charge in [0.05, 0.1) is 12.9 Å². The van der Waals surface area contributed by atoms with Gasteiger partial charge in [-0.2, -0.15) is 0 Å². The molecule has 2 rings (SSSR count). The van der Waals surface area contributed by atoms with E-state index in [2.05, 4.69) is 4.98 Å². The van der Waals surface area contributed by atoms with Crippen LogP contribution >= 0.6 is 0 Å². The molecule has 1 aromatic carbocycles. The second-order valence-electron chi connectivity index (χ2n) is 4.83. The summed E-state index contributed by atoms with van der Waals surface area (Å²) in [5.74, 6) is 0.774. The van der Waals surface area contributed by atoms with Gasteiger partial charge in [-0.05, 0) is 42.2 Å². The van der Waals surface area contributed by atoms with Crippen LogP contribution in [0.25, 0.3) is 0 Å². The number of hydrogen-bond donors (Lipinski definition) is 0. The summed E-state index contributed by atoms with van der Waals surface area (Å²) in [5, 5.41) is 0.136. The first kappa shape index (κ1) is 15.5. The fraction of sp³-hybridized carbons (Fsp3) is 0.312. The van der Waals surface area contributed by atoms with Crippen molar-refractivity contribution in [3.8, 4) is 5.75 Å². The van der Waals surface area contributed by atoms with E-state index < -0.39 is 9.84 Å². The number of sulfone groups is 1. The minimum absolute atomic E-state index is 0.0529. The summed E-state index contributed by atoms with van der Waals surface area (Å²) in [4.78, 5) is 3.95. The molecule has 0 fully saturated rings. The van der Waals surface area contributed by atoms with Crippen molar-refractivity contribution in [3.63, 3.8) is 0 Å². The SMILES string of the molecule is CC[C@@H](CS(=O)(=O)c1ccccn1)c1ccc(OC)cc1. The van der Waals surface area contributed by atoms with Crippen LogP contribution in [-0.4, -0.2) is 26.3 Å². The highest BCUT2D eigenvalue weighted by atomic mass is 32.2. The van der Waals surface area contributed by atoms with Crippen molar-refractivity contribution in [2.45, 2.75) is 24.3 Å². The van der Waals surface area contributed by atoms with E-state index in [4.69, 9.17) is 4.74 Å². The van der Waals surface area contributed by atoms with Crippen molar-refractivity contribution >= 4 is 9.84 Å². The molecule has 1 aromatic heterocycles. The van der Waals surface area contributed by atoms with E-state index in [9.17, 15) is 8.42 Å². The highest BCUT2D eigenvalue weighted by Gasteiger charge is 2.22. The van der Waals surface area contributed by atoms with Crippen LogP contribution < -0.4 is 4.74 Å². The third-order valence-corrected chi connectivity index (χ3v) is 5.18. The lowest BCUT2D eigenvalue weighted by Crippen LogP contribution is -2.15. The number of aromatic nitrogens is 1. The van der Waals surface area contributed by atoms with E-state index in [0.717, 1.165) is 17.7 Å². The average molecular weight is 305 g/mol. The summed E-state index contributed by atoms with van der Waals surface area (Å²) in [6.45, 7) is 1.99. The molecule has 1 atom stereocenters. The summed E-state index contributed by atoms with van der Waals surface area (Å²) >= 11 is 0. The van der Waals surface area contributed by atoms with Crippen LogP contribution in [-0.2, 0) is 9.84 Å². The zero-order valence-corrected chi connectivity index (χ0v) is 13.0. The maximum absolute atomic E-state index is 12.4. The molecule has 1 heterocycles. The third-order valence-electron chi connectivity index (χ3n) is 3.46. The summed E-state index contributed by atoms with van der Waals surface area (Å²) in [5.41, 5.74) is 0.998. The standard InChI is InChI=1S/C16H19NO3S/c1-3-13(14-7-9-15(20-2)10-8-14)12-21(18,19)16-6-4-5-11-17-16/h4-11,13H,3,12H2,1-2H3/t13-/m0/s1. The summed E-state index contributed by atoms with van der Waals surface area (Å²) in [6.07, 6.45) is 2.25. The van der Waals surface area contributed by atoms with Crippen LogP contribution in [0.1, 0.15) is 24.8 Å². The van der Waals surface area contributed by atoms with Crippen molar-refractivity contribution in [2.24, 2.45) is 0 Å². The summed E-state index contributed by atoms with van der Waals surface area (Å²) < 4.78 is 29.9. The lowest BCUT2D eigenvalue weighted by Gasteiger charge is -2.15. The Morgan fingerprint density at radius 1 is 1.14 bits per heavy atom. The number of nitrogens with zero attached hydrogens (tertiary/aromatic N) is 1. The van der Waals surface area contributed by atoms with Crippen LogP contribution in [0.4, 0.5) is 0 Å². The first-order valence-corrected chi connectivity index (χ1v) is 8.49. The van der Waals surface area contributed by atoms with Gasteiger partial charge in [0.25, 0.3) is 0 Å². The highest BCUT2D eigenvalue weighted by Crippen LogP contribution is 2.25. The normalized spacial score (nSPS) is 12.9. The molecule has 2 aromatic rings. The Balaban J connectivity index is 2.22. The van der Waals surface area contributed by atoms with E-state index >= 15 is 0 Å². The Labute approximate surface area is 125 Å². The number of hydrogen-bond acceptors (Lipinski definition) is 4. The Hall–Kier alpha value is -1.88. The Morgan fingerprint density at radius 2 is 1.86 bits per heavy atom. The first-order valence-electron chi connectivity index (χ1n) is 6.84. The van der Waals surface area contributed by atoms with E-state index in [1.54, 1.807) is 19.2 Å². The molecular weight excluding hydrogens is 286 g/mol. The minimum atomic E-state index is -3.38. The molecule has 0 unspecified atom stereocenters. The van der Waals surface area contributed by atoms with Crippen LogP contribution in [0.15, 0.2) is 53.7 Å². The zero-order valence-electron chi connectivity index (χ0n) is 12.2. The van der Waals surface area contributed by atoms with Crippen molar-refractivity contribution in [3.05, 3.63) is 54.2 Å². The van der Waals surface area contributed by atoms with Gasteiger partial charge in [0.15, 0.2) is 14.9 Å². The fourth-order valence-corrected chi connectivity index (χ4v) is 3.84. The number of methoxy groups -OCH3 is 1. The average Bonchev–Trinajstić information content (AvgIpc) is 2.53. The molecule has 112 valence electrons. The largest absolute Gasteiger partial charge is 0.497 e. The zero-order chi connectivity index (χ0) is 15.3. The van der Waals surface area contributed by atoms with Gasteiger partial charge in [-0.15, -0.1) is 0 Å². The maximum Gasteiger partial charge on any atom is 0.196 e. The second-order valence-corrected chi connectivity index (χ2v) is 6.81. The van der Waals surface area contributed by atoms with E-state index in [1.165, 1.54) is 12.3 Å². The monoisotopic (exact) mass is 305 g/mol. The molecule has 0 bridgehead atoms. The molecule has 5 heteroatoms. The first-order chi connectivity index (χ1) is 10.1. The van der Waals surface area contributed by atoms with Gasteiger partial charge in [-0.25, -0.2) is 13.4 Å². The predicted octanol–water partition coefficient (Wildman–Crippen LogP) is 3.06. The van der Waals surface area contributed by atoms with Crippen molar-refractivity contribution in [2.75, 3.05) is 12.9 Å². The molecule has 0 aliphatic rings. The van der Waals surface area contributed by atoms with Gasteiger partial charge in [0.1, 0.15) is 5.75 Å². The molecule has 0 spiro atoms. The molecule has 4 nitrogen and oxygen atoms in total. The van der Waals surface area contributed by atoms with E-state index in [1.807, 2.05) is 31.2 Å². The van der Waals surface area contributed by atoms with E-state index in [0.29, 0.717) is 0 Å². The molecule has 0 amide bonds. The second kappa shape index (κ2) is 6.72. The topological polar surface area (TPSA) is 56.3 Å². The molecular formula is C16H19NO3S. The number of rotatable bonds is 6. The van der Waals surface area contributed by atoms with Crippen LogP contribution in [0.5, 0.6) is 5.75 Å².